The Hall–Kier alpha value is -1.41. The van der Waals surface area contributed by atoms with Gasteiger partial charge in [-0.2, -0.15) is 0 Å². The van der Waals surface area contributed by atoms with Crippen LogP contribution in [0.1, 0.15) is 10.4 Å². The Balaban J connectivity index is 2.42. The lowest BCUT2D eigenvalue weighted by Crippen LogP contribution is -2.22. The van der Waals surface area contributed by atoms with E-state index in [4.69, 9.17) is 5.73 Å². The van der Waals surface area contributed by atoms with Crippen molar-refractivity contribution in [1.82, 2.24) is 4.90 Å². The van der Waals surface area contributed by atoms with Crippen LogP contribution in [0.4, 0.5) is 5.69 Å². The van der Waals surface area contributed by atoms with Crippen LogP contribution >= 0.6 is 34.4 Å². The number of anilines is 1. The van der Waals surface area contributed by atoms with E-state index in [0.717, 1.165) is 13.4 Å². The molecule has 0 saturated heterocycles. The van der Waals surface area contributed by atoms with Gasteiger partial charge >= 0.3 is 0 Å². The number of nitrogens with zero attached hydrogens (tertiary/aromatic N) is 1. The molecule has 2 aromatic rings. The molecule has 0 aliphatic heterocycles. The number of hydrogen-bond acceptors (Lipinski definition) is 4. The highest BCUT2D eigenvalue weighted by Crippen LogP contribution is 2.36. The van der Waals surface area contributed by atoms with E-state index in [1.54, 1.807) is 26.2 Å². The highest BCUT2D eigenvalue weighted by atomic mass is 127. The van der Waals surface area contributed by atoms with Crippen LogP contribution in [0.15, 0.2) is 46.2 Å². The molecule has 4 nitrogen and oxygen atoms in total. The van der Waals surface area contributed by atoms with E-state index in [1.165, 1.54) is 22.7 Å². The van der Waals surface area contributed by atoms with E-state index in [1.807, 2.05) is 18.2 Å². The minimum absolute atomic E-state index is 0.0696. The third kappa shape index (κ3) is 3.82. The van der Waals surface area contributed by atoms with Gasteiger partial charge in [0.15, 0.2) is 0 Å². The average molecular weight is 414 g/mol. The lowest BCUT2D eigenvalue weighted by Gasteiger charge is -2.15. The summed E-state index contributed by atoms with van der Waals surface area (Å²) in [6.07, 6.45) is 0. The first-order valence-corrected chi connectivity index (χ1v) is 8.05. The van der Waals surface area contributed by atoms with Crippen molar-refractivity contribution in [3.63, 3.8) is 0 Å². The van der Waals surface area contributed by atoms with Gasteiger partial charge in [0.2, 0.25) is 0 Å². The number of aromatic hydroxyl groups is 1. The largest absolute Gasteiger partial charge is 0.508 e. The number of hydrogen-bond donors (Lipinski definition) is 2. The minimum atomic E-state index is -0.155. The molecule has 2 aromatic carbocycles. The highest BCUT2D eigenvalue weighted by Gasteiger charge is 2.16. The molecule has 0 atom stereocenters. The molecule has 21 heavy (non-hydrogen) atoms. The first kappa shape index (κ1) is 16.0. The fraction of sp³-hybridized carbons (Fsp3) is 0.133. The molecule has 0 aliphatic rings. The van der Waals surface area contributed by atoms with Gasteiger partial charge in [0, 0.05) is 33.1 Å². The van der Waals surface area contributed by atoms with Gasteiger partial charge in [0.1, 0.15) is 5.75 Å². The number of carbonyl (C=O) groups excluding carboxylic acids is 1. The van der Waals surface area contributed by atoms with Crippen molar-refractivity contribution in [3.8, 4) is 5.75 Å². The molecule has 0 bridgehead atoms. The normalized spacial score (nSPS) is 10.4. The van der Waals surface area contributed by atoms with E-state index in [2.05, 4.69) is 22.6 Å². The summed E-state index contributed by atoms with van der Waals surface area (Å²) in [5, 5.41) is 9.62. The SMILES string of the molecule is CN(C)C(=O)c1cc(O)ccc1Sc1ccc(I)cc1N. The molecule has 3 N–H and O–H groups in total. The topological polar surface area (TPSA) is 66.6 Å². The molecule has 0 heterocycles. The van der Waals surface area contributed by atoms with Gasteiger partial charge in [-0.1, -0.05) is 11.8 Å². The standard InChI is InChI=1S/C15H15IN2O2S/c1-18(2)15(20)11-8-10(19)4-6-13(11)21-14-5-3-9(16)7-12(14)17/h3-8,19H,17H2,1-2H3. The fourth-order valence-corrected chi connectivity index (χ4v) is 3.20. The van der Waals surface area contributed by atoms with Gasteiger partial charge in [0.25, 0.3) is 5.91 Å². The molecule has 0 aromatic heterocycles. The van der Waals surface area contributed by atoms with Crippen molar-refractivity contribution in [2.75, 3.05) is 19.8 Å². The zero-order chi connectivity index (χ0) is 15.6. The smallest absolute Gasteiger partial charge is 0.254 e. The summed E-state index contributed by atoms with van der Waals surface area (Å²) in [6, 6.07) is 10.6. The Morgan fingerprint density at radius 2 is 1.86 bits per heavy atom. The Morgan fingerprint density at radius 3 is 2.48 bits per heavy atom. The molecular weight excluding hydrogens is 399 g/mol. The molecule has 0 unspecified atom stereocenters. The second-order valence-electron chi connectivity index (χ2n) is 4.66. The zero-order valence-electron chi connectivity index (χ0n) is 11.6. The number of carbonyl (C=O) groups is 1. The van der Waals surface area contributed by atoms with Gasteiger partial charge in [0.05, 0.1) is 5.56 Å². The number of rotatable bonds is 3. The van der Waals surface area contributed by atoms with Gasteiger partial charge in [-0.15, -0.1) is 0 Å². The van der Waals surface area contributed by atoms with Gasteiger partial charge in [-0.3, -0.25) is 4.79 Å². The van der Waals surface area contributed by atoms with Crippen LogP contribution in [-0.2, 0) is 0 Å². The van der Waals surface area contributed by atoms with E-state index in [0.29, 0.717) is 11.3 Å². The van der Waals surface area contributed by atoms with Crippen molar-refractivity contribution >= 4 is 45.9 Å². The number of nitrogen functional groups attached to an aromatic ring is 1. The third-order valence-electron chi connectivity index (χ3n) is 2.79. The average Bonchev–Trinajstić information content (AvgIpc) is 2.42. The predicted octanol–water partition coefficient (Wildman–Crippen LogP) is 3.43. The quantitative estimate of drug-likeness (QED) is 0.597. The summed E-state index contributed by atoms with van der Waals surface area (Å²) in [5.41, 5.74) is 7.15. The number of benzene rings is 2. The minimum Gasteiger partial charge on any atom is -0.508 e. The molecule has 110 valence electrons. The molecular formula is C15H15IN2O2S. The van der Waals surface area contributed by atoms with Crippen molar-refractivity contribution in [2.45, 2.75) is 9.79 Å². The molecule has 0 aliphatic carbocycles. The summed E-state index contributed by atoms with van der Waals surface area (Å²) in [5.74, 6) is -0.0855. The molecule has 1 amide bonds. The Kier molecular flexibility index (Phi) is 5.00. The molecule has 2 rings (SSSR count). The predicted molar refractivity (Wildman–Crippen MR) is 93.8 cm³/mol. The summed E-state index contributed by atoms with van der Waals surface area (Å²) in [4.78, 5) is 15.3. The maximum atomic E-state index is 12.2. The van der Waals surface area contributed by atoms with Crippen molar-refractivity contribution < 1.29 is 9.90 Å². The van der Waals surface area contributed by atoms with Crippen LogP contribution in [0.5, 0.6) is 5.75 Å². The first-order chi connectivity index (χ1) is 9.88. The Bertz CT molecular complexity index is 689. The summed E-state index contributed by atoms with van der Waals surface area (Å²) < 4.78 is 1.06. The Morgan fingerprint density at radius 1 is 1.19 bits per heavy atom. The summed E-state index contributed by atoms with van der Waals surface area (Å²) in [6.45, 7) is 0. The van der Waals surface area contributed by atoms with Gasteiger partial charge in [-0.05, 0) is 59.0 Å². The first-order valence-electron chi connectivity index (χ1n) is 6.16. The van der Waals surface area contributed by atoms with E-state index in [9.17, 15) is 9.90 Å². The number of nitrogens with two attached hydrogens (primary N) is 1. The van der Waals surface area contributed by atoms with E-state index >= 15 is 0 Å². The van der Waals surface area contributed by atoms with Crippen LogP contribution in [-0.4, -0.2) is 30.0 Å². The van der Waals surface area contributed by atoms with E-state index < -0.39 is 0 Å². The monoisotopic (exact) mass is 414 g/mol. The molecule has 0 saturated carbocycles. The molecule has 0 fully saturated rings. The van der Waals surface area contributed by atoms with E-state index in [-0.39, 0.29) is 11.7 Å². The van der Waals surface area contributed by atoms with Gasteiger partial charge < -0.3 is 15.7 Å². The van der Waals surface area contributed by atoms with Crippen LogP contribution in [0.25, 0.3) is 0 Å². The van der Waals surface area contributed by atoms with Crippen molar-refractivity contribution in [2.24, 2.45) is 0 Å². The number of phenols is 1. The van der Waals surface area contributed by atoms with Crippen LogP contribution in [0, 0.1) is 3.57 Å². The third-order valence-corrected chi connectivity index (χ3v) is 4.63. The number of halogens is 1. The fourth-order valence-electron chi connectivity index (χ4n) is 1.75. The van der Waals surface area contributed by atoms with Crippen LogP contribution in [0.3, 0.4) is 0 Å². The van der Waals surface area contributed by atoms with Crippen LogP contribution < -0.4 is 5.73 Å². The molecule has 6 heteroatoms. The number of amides is 1. The maximum Gasteiger partial charge on any atom is 0.254 e. The highest BCUT2D eigenvalue weighted by molar-refractivity contribution is 14.1. The lowest BCUT2D eigenvalue weighted by molar-refractivity contribution is 0.0824. The summed E-state index contributed by atoms with van der Waals surface area (Å²) in [7, 11) is 3.36. The van der Waals surface area contributed by atoms with Crippen LogP contribution in [0.2, 0.25) is 0 Å². The molecule has 0 spiro atoms. The second-order valence-corrected chi connectivity index (χ2v) is 6.99. The number of phenolic OH excluding ortho intramolecular Hbond substituents is 1. The lowest BCUT2D eigenvalue weighted by atomic mass is 10.2. The molecule has 0 radical (unpaired) electrons. The Labute approximate surface area is 141 Å². The zero-order valence-corrected chi connectivity index (χ0v) is 14.6. The van der Waals surface area contributed by atoms with Gasteiger partial charge in [-0.25, -0.2) is 0 Å². The van der Waals surface area contributed by atoms with Crippen molar-refractivity contribution in [1.29, 1.82) is 0 Å². The van der Waals surface area contributed by atoms with Crippen molar-refractivity contribution in [3.05, 3.63) is 45.5 Å². The second kappa shape index (κ2) is 6.57. The summed E-state index contributed by atoms with van der Waals surface area (Å²) >= 11 is 3.62. The maximum absolute atomic E-state index is 12.2.